The highest BCUT2D eigenvalue weighted by molar-refractivity contribution is 9.10. The molecule has 0 aliphatic carbocycles. The molecule has 0 unspecified atom stereocenters. The molecule has 21 heavy (non-hydrogen) atoms. The Morgan fingerprint density at radius 1 is 1.33 bits per heavy atom. The summed E-state index contributed by atoms with van der Waals surface area (Å²) in [7, 11) is 0. The van der Waals surface area contributed by atoms with Crippen molar-refractivity contribution >= 4 is 43.4 Å². The molecule has 3 aromatic rings. The fourth-order valence-electron chi connectivity index (χ4n) is 1.95. The van der Waals surface area contributed by atoms with Crippen molar-refractivity contribution in [2.24, 2.45) is 0 Å². The summed E-state index contributed by atoms with van der Waals surface area (Å²) in [4.78, 5) is 29.6. The van der Waals surface area contributed by atoms with Gasteiger partial charge in [0.05, 0.1) is 10.9 Å². The average Bonchev–Trinajstić information content (AvgIpc) is 2.92. The van der Waals surface area contributed by atoms with E-state index in [1.54, 1.807) is 36.6 Å². The lowest BCUT2D eigenvalue weighted by atomic mass is 10.2. The largest absolute Gasteiger partial charge is 0.281 e. The molecule has 1 aromatic carbocycles. The van der Waals surface area contributed by atoms with E-state index in [0.717, 1.165) is 0 Å². The number of amides is 1. The zero-order chi connectivity index (χ0) is 15.0. The van der Waals surface area contributed by atoms with Crippen molar-refractivity contribution in [1.82, 2.24) is 9.66 Å². The number of aryl methyl sites for hydroxylation is 1. The minimum Gasteiger partial charge on any atom is -0.267 e. The van der Waals surface area contributed by atoms with Crippen LogP contribution in [0.4, 0.5) is 0 Å². The van der Waals surface area contributed by atoms with Crippen LogP contribution in [0, 0.1) is 6.92 Å². The predicted molar refractivity (Wildman–Crippen MR) is 86.5 cm³/mol. The van der Waals surface area contributed by atoms with Crippen LogP contribution in [0.3, 0.4) is 0 Å². The zero-order valence-corrected chi connectivity index (χ0v) is 13.4. The van der Waals surface area contributed by atoms with E-state index in [-0.39, 0.29) is 11.5 Å². The van der Waals surface area contributed by atoms with Gasteiger partial charge in [-0.1, -0.05) is 12.1 Å². The Balaban J connectivity index is 2.04. The van der Waals surface area contributed by atoms with Crippen LogP contribution < -0.4 is 11.0 Å². The summed E-state index contributed by atoms with van der Waals surface area (Å²) >= 11 is 4.72. The van der Waals surface area contributed by atoms with Gasteiger partial charge in [0.15, 0.2) is 0 Å². The molecule has 0 fully saturated rings. The molecule has 0 saturated carbocycles. The lowest BCUT2D eigenvalue weighted by Crippen LogP contribution is -2.35. The molecule has 0 aliphatic heterocycles. The van der Waals surface area contributed by atoms with Crippen LogP contribution in [0.5, 0.6) is 0 Å². The van der Waals surface area contributed by atoms with Crippen molar-refractivity contribution in [2.45, 2.75) is 6.92 Å². The van der Waals surface area contributed by atoms with E-state index in [0.29, 0.717) is 26.1 Å². The molecule has 1 amide bonds. The maximum Gasteiger partial charge on any atom is 0.281 e. The Morgan fingerprint density at radius 3 is 2.86 bits per heavy atom. The highest BCUT2D eigenvalue weighted by atomic mass is 79.9. The Kier molecular flexibility index (Phi) is 3.60. The molecule has 5 nitrogen and oxygen atoms in total. The van der Waals surface area contributed by atoms with Crippen molar-refractivity contribution < 1.29 is 4.79 Å². The number of fused-ring (bicyclic) bond motifs is 1. The number of rotatable bonds is 2. The molecule has 0 radical (unpaired) electrons. The topological polar surface area (TPSA) is 64.0 Å². The van der Waals surface area contributed by atoms with E-state index in [9.17, 15) is 9.59 Å². The third kappa shape index (κ3) is 2.50. The molecule has 7 heteroatoms. The van der Waals surface area contributed by atoms with Crippen molar-refractivity contribution in [1.29, 1.82) is 0 Å². The first-order valence-corrected chi connectivity index (χ1v) is 7.78. The first-order valence-electron chi connectivity index (χ1n) is 6.10. The number of nitrogens with zero attached hydrogens (tertiary/aromatic N) is 2. The first kappa shape index (κ1) is 14.0. The van der Waals surface area contributed by atoms with Gasteiger partial charge in [0.25, 0.3) is 11.5 Å². The normalized spacial score (nSPS) is 10.8. The van der Waals surface area contributed by atoms with Gasteiger partial charge in [-0.25, -0.2) is 9.66 Å². The number of benzene rings is 1. The van der Waals surface area contributed by atoms with Gasteiger partial charge in [-0.15, -0.1) is 11.3 Å². The summed E-state index contributed by atoms with van der Waals surface area (Å²) in [6, 6.07) is 8.73. The number of hydrogen-bond acceptors (Lipinski definition) is 4. The molecule has 0 bridgehead atoms. The second-order valence-corrected chi connectivity index (χ2v) is 6.11. The summed E-state index contributed by atoms with van der Waals surface area (Å²) in [5, 5.41) is 2.30. The maximum atomic E-state index is 12.4. The molecule has 0 saturated heterocycles. The smallest absolute Gasteiger partial charge is 0.267 e. The van der Waals surface area contributed by atoms with Crippen LogP contribution in [-0.4, -0.2) is 15.6 Å². The van der Waals surface area contributed by atoms with Gasteiger partial charge in [0, 0.05) is 4.47 Å². The minimum absolute atomic E-state index is 0.279. The van der Waals surface area contributed by atoms with E-state index < -0.39 is 0 Å². The third-order valence-electron chi connectivity index (χ3n) is 3.00. The summed E-state index contributed by atoms with van der Waals surface area (Å²) in [5.74, 6) is 0.0689. The van der Waals surface area contributed by atoms with Gasteiger partial charge in [0.1, 0.15) is 10.7 Å². The summed E-state index contributed by atoms with van der Waals surface area (Å²) in [6.07, 6.45) is 0. The molecule has 106 valence electrons. The predicted octanol–water partition coefficient (Wildman–Crippen LogP) is 2.91. The highest BCUT2D eigenvalue weighted by Crippen LogP contribution is 2.17. The van der Waals surface area contributed by atoms with Crippen LogP contribution >= 0.6 is 27.3 Å². The Morgan fingerprint density at radius 2 is 2.10 bits per heavy atom. The fraction of sp³-hybridized carbons (Fsp3) is 0.0714. The lowest BCUT2D eigenvalue weighted by molar-refractivity contribution is 0.101. The standard InChI is InChI=1S/C14H10BrN3O2S/c1-8-16-13-10(6-7-21-13)14(20)18(8)17-12(19)9-4-2-3-5-11(9)15/h2-7H,1H3,(H,17,19). The SMILES string of the molecule is Cc1nc2sccc2c(=O)n1NC(=O)c1ccccc1Br. The molecule has 0 aliphatic rings. The van der Waals surface area contributed by atoms with Crippen molar-refractivity contribution in [3.8, 4) is 0 Å². The van der Waals surface area contributed by atoms with Crippen LogP contribution in [0.15, 0.2) is 45.0 Å². The quantitative estimate of drug-likeness (QED) is 0.761. The molecular formula is C14H10BrN3O2S. The van der Waals surface area contributed by atoms with Gasteiger partial charge < -0.3 is 0 Å². The van der Waals surface area contributed by atoms with E-state index in [2.05, 4.69) is 26.3 Å². The molecule has 1 N–H and O–H groups in total. The number of hydrogen-bond donors (Lipinski definition) is 1. The minimum atomic E-state index is -0.371. The Bertz CT molecular complexity index is 901. The van der Waals surface area contributed by atoms with Crippen LogP contribution in [0.25, 0.3) is 10.2 Å². The maximum absolute atomic E-state index is 12.4. The Labute approximate surface area is 132 Å². The lowest BCUT2D eigenvalue weighted by Gasteiger charge is -2.11. The molecule has 0 spiro atoms. The molecule has 0 atom stereocenters. The van der Waals surface area contributed by atoms with Gasteiger partial charge in [-0.2, -0.15) is 0 Å². The number of aromatic nitrogens is 2. The Hall–Kier alpha value is -1.99. The van der Waals surface area contributed by atoms with Crippen LogP contribution in [0.2, 0.25) is 0 Å². The summed E-state index contributed by atoms with van der Waals surface area (Å²) < 4.78 is 1.84. The third-order valence-corrected chi connectivity index (χ3v) is 4.50. The first-order chi connectivity index (χ1) is 10.1. The number of nitrogens with one attached hydrogen (secondary N) is 1. The van der Waals surface area contributed by atoms with E-state index in [1.165, 1.54) is 16.0 Å². The van der Waals surface area contributed by atoms with Gasteiger partial charge in [-0.05, 0) is 46.4 Å². The second kappa shape index (κ2) is 5.42. The molecule has 2 aromatic heterocycles. The zero-order valence-electron chi connectivity index (χ0n) is 11.0. The highest BCUT2D eigenvalue weighted by Gasteiger charge is 2.14. The molecule has 2 heterocycles. The van der Waals surface area contributed by atoms with Gasteiger partial charge in [0.2, 0.25) is 0 Å². The van der Waals surface area contributed by atoms with Gasteiger partial charge in [-0.3, -0.25) is 15.0 Å². The van der Waals surface area contributed by atoms with Gasteiger partial charge >= 0.3 is 0 Å². The summed E-state index contributed by atoms with van der Waals surface area (Å²) in [6.45, 7) is 1.68. The number of carbonyl (C=O) groups is 1. The second-order valence-electron chi connectivity index (χ2n) is 4.36. The molecular weight excluding hydrogens is 354 g/mol. The molecule has 3 rings (SSSR count). The van der Waals surface area contributed by atoms with Crippen molar-refractivity contribution in [3.63, 3.8) is 0 Å². The fourth-order valence-corrected chi connectivity index (χ4v) is 3.22. The van der Waals surface area contributed by atoms with Crippen LogP contribution in [-0.2, 0) is 0 Å². The van der Waals surface area contributed by atoms with E-state index >= 15 is 0 Å². The number of thiophene rings is 1. The van der Waals surface area contributed by atoms with Crippen molar-refractivity contribution in [3.05, 3.63) is 61.9 Å². The van der Waals surface area contributed by atoms with Crippen LogP contribution in [0.1, 0.15) is 16.2 Å². The number of carbonyl (C=O) groups excluding carboxylic acids is 1. The van der Waals surface area contributed by atoms with E-state index in [4.69, 9.17) is 0 Å². The number of halogens is 1. The van der Waals surface area contributed by atoms with E-state index in [1.807, 2.05) is 6.07 Å². The van der Waals surface area contributed by atoms with Crippen molar-refractivity contribution in [2.75, 3.05) is 5.43 Å². The monoisotopic (exact) mass is 363 g/mol. The average molecular weight is 364 g/mol. The summed E-state index contributed by atoms with van der Waals surface area (Å²) in [5.41, 5.74) is 2.77.